The van der Waals surface area contributed by atoms with Gasteiger partial charge < -0.3 is 14.1 Å². The number of aromatic nitrogens is 1. The van der Waals surface area contributed by atoms with E-state index in [1.54, 1.807) is 23.2 Å². The van der Waals surface area contributed by atoms with E-state index in [9.17, 15) is 9.59 Å². The number of esters is 1. The standard InChI is InChI=1S/C29H22Cl2N2O4S/c1-16(2)33(28(34)20-11-10-19(30)13-21(20)31)23-15-26(38-27(23)29(35)36-3)18-8-6-17(7-9-18)25-14-22-24(37-25)5-4-12-32-22/h4-16H,1-3H3. The van der Waals surface area contributed by atoms with Crippen LogP contribution in [-0.2, 0) is 4.74 Å². The highest BCUT2D eigenvalue weighted by atomic mass is 35.5. The molecule has 0 aliphatic heterocycles. The monoisotopic (exact) mass is 564 g/mol. The van der Waals surface area contributed by atoms with Gasteiger partial charge in [-0.25, -0.2) is 4.79 Å². The van der Waals surface area contributed by atoms with Gasteiger partial charge in [0, 0.05) is 33.8 Å². The molecular formula is C29H22Cl2N2O4S. The number of furan rings is 1. The largest absolute Gasteiger partial charge is 0.465 e. The van der Waals surface area contributed by atoms with E-state index in [4.69, 9.17) is 32.4 Å². The lowest BCUT2D eigenvalue weighted by atomic mass is 10.1. The first-order valence-corrected chi connectivity index (χ1v) is 13.3. The van der Waals surface area contributed by atoms with Gasteiger partial charge in [-0.3, -0.25) is 9.78 Å². The van der Waals surface area contributed by atoms with Crippen molar-refractivity contribution in [2.45, 2.75) is 19.9 Å². The van der Waals surface area contributed by atoms with Gasteiger partial charge >= 0.3 is 5.97 Å². The molecule has 0 N–H and O–H groups in total. The molecule has 0 radical (unpaired) electrons. The molecule has 0 aliphatic carbocycles. The minimum absolute atomic E-state index is 0.236. The molecule has 2 aromatic carbocycles. The molecule has 0 saturated heterocycles. The molecule has 0 fully saturated rings. The number of rotatable bonds is 6. The van der Waals surface area contributed by atoms with Crippen LogP contribution in [0.5, 0.6) is 0 Å². The molecule has 3 heterocycles. The maximum atomic E-state index is 13.6. The van der Waals surface area contributed by atoms with E-state index in [2.05, 4.69) is 4.98 Å². The zero-order valence-corrected chi connectivity index (χ0v) is 23.0. The Bertz CT molecular complexity index is 1620. The fourth-order valence-electron chi connectivity index (χ4n) is 4.17. The van der Waals surface area contributed by atoms with Gasteiger partial charge in [-0.1, -0.05) is 47.5 Å². The zero-order chi connectivity index (χ0) is 27.0. The molecule has 0 spiro atoms. The summed E-state index contributed by atoms with van der Waals surface area (Å²) in [6, 6.07) is 19.7. The number of thiophene rings is 1. The molecule has 38 heavy (non-hydrogen) atoms. The SMILES string of the molecule is COC(=O)c1sc(-c2ccc(-c3cc4ncccc4o3)cc2)cc1N(C(=O)c1ccc(Cl)cc1Cl)C(C)C. The number of hydrogen-bond donors (Lipinski definition) is 0. The molecule has 192 valence electrons. The average molecular weight is 565 g/mol. The lowest BCUT2D eigenvalue weighted by Gasteiger charge is -2.27. The third kappa shape index (κ3) is 4.92. The van der Waals surface area contributed by atoms with Crippen LogP contribution in [0.3, 0.4) is 0 Å². The second-order valence-corrected chi connectivity index (χ2v) is 10.7. The first-order chi connectivity index (χ1) is 18.3. The van der Waals surface area contributed by atoms with Gasteiger partial charge in [0.25, 0.3) is 5.91 Å². The normalized spacial score (nSPS) is 11.2. The number of amides is 1. The van der Waals surface area contributed by atoms with Crippen LogP contribution >= 0.6 is 34.5 Å². The molecular weight excluding hydrogens is 543 g/mol. The molecule has 5 aromatic rings. The zero-order valence-electron chi connectivity index (χ0n) is 20.7. The molecule has 0 saturated carbocycles. The van der Waals surface area contributed by atoms with Crippen LogP contribution in [0.15, 0.2) is 77.3 Å². The minimum Gasteiger partial charge on any atom is -0.465 e. The Hall–Kier alpha value is -3.65. The number of ether oxygens (including phenoxy) is 1. The summed E-state index contributed by atoms with van der Waals surface area (Å²) in [7, 11) is 1.32. The van der Waals surface area contributed by atoms with Gasteiger partial charge in [-0.2, -0.15) is 0 Å². The highest BCUT2D eigenvalue weighted by molar-refractivity contribution is 7.18. The summed E-state index contributed by atoms with van der Waals surface area (Å²) >= 11 is 13.6. The number of hydrogen-bond acceptors (Lipinski definition) is 6. The Morgan fingerprint density at radius 2 is 1.74 bits per heavy atom. The third-order valence-electron chi connectivity index (χ3n) is 5.98. The summed E-state index contributed by atoms with van der Waals surface area (Å²) in [5.41, 5.74) is 4.03. The van der Waals surface area contributed by atoms with Crippen LogP contribution in [0.4, 0.5) is 5.69 Å². The van der Waals surface area contributed by atoms with Crippen molar-refractivity contribution >= 4 is 63.2 Å². The van der Waals surface area contributed by atoms with Crippen LogP contribution in [-0.4, -0.2) is 30.0 Å². The van der Waals surface area contributed by atoms with Crippen molar-refractivity contribution in [3.63, 3.8) is 0 Å². The van der Waals surface area contributed by atoms with Gasteiger partial charge in [-0.15, -0.1) is 11.3 Å². The maximum absolute atomic E-state index is 13.6. The van der Waals surface area contributed by atoms with Crippen molar-refractivity contribution in [1.82, 2.24) is 4.98 Å². The Balaban J connectivity index is 1.53. The predicted octanol–water partition coefficient (Wildman–Crippen LogP) is 8.37. The summed E-state index contributed by atoms with van der Waals surface area (Å²) in [5.74, 6) is -0.155. The van der Waals surface area contributed by atoms with Crippen molar-refractivity contribution in [1.29, 1.82) is 0 Å². The number of pyridine rings is 1. The molecule has 1 amide bonds. The Morgan fingerprint density at radius 3 is 2.39 bits per heavy atom. The summed E-state index contributed by atoms with van der Waals surface area (Å²) in [6.45, 7) is 3.74. The van der Waals surface area contributed by atoms with Crippen LogP contribution in [0.1, 0.15) is 33.9 Å². The number of fused-ring (bicyclic) bond motifs is 1. The van der Waals surface area contributed by atoms with Crippen LogP contribution in [0.2, 0.25) is 10.0 Å². The van der Waals surface area contributed by atoms with Gasteiger partial charge in [0.05, 0.1) is 23.4 Å². The van der Waals surface area contributed by atoms with Crippen molar-refractivity contribution < 1.29 is 18.7 Å². The number of methoxy groups -OCH3 is 1. The van der Waals surface area contributed by atoms with Crippen LogP contribution in [0, 0.1) is 0 Å². The first-order valence-electron chi connectivity index (χ1n) is 11.7. The summed E-state index contributed by atoms with van der Waals surface area (Å²) in [4.78, 5) is 33.4. The highest BCUT2D eigenvalue weighted by Crippen LogP contribution is 2.40. The molecule has 5 rings (SSSR count). The van der Waals surface area contributed by atoms with E-state index in [0.717, 1.165) is 27.1 Å². The predicted molar refractivity (Wildman–Crippen MR) is 153 cm³/mol. The molecule has 6 nitrogen and oxygen atoms in total. The van der Waals surface area contributed by atoms with E-state index in [-0.39, 0.29) is 22.5 Å². The van der Waals surface area contributed by atoms with Gasteiger partial charge in [0.1, 0.15) is 16.2 Å². The topological polar surface area (TPSA) is 72.6 Å². The van der Waals surface area contributed by atoms with Crippen LogP contribution in [0.25, 0.3) is 32.9 Å². The summed E-state index contributed by atoms with van der Waals surface area (Å²) in [6.07, 6.45) is 1.73. The second kappa shape index (κ2) is 10.6. The molecule has 3 aromatic heterocycles. The minimum atomic E-state index is -0.525. The fourth-order valence-corrected chi connectivity index (χ4v) is 5.73. The average Bonchev–Trinajstić information content (AvgIpc) is 3.53. The Kier molecular flexibility index (Phi) is 7.25. The number of halogens is 2. The number of carbonyl (C=O) groups is 2. The van der Waals surface area contributed by atoms with E-state index in [1.807, 2.05) is 62.4 Å². The van der Waals surface area contributed by atoms with Gasteiger partial charge in [0.2, 0.25) is 0 Å². The third-order valence-corrected chi connectivity index (χ3v) is 7.68. The second-order valence-electron chi connectivity index (χ2n) is 8.78. The Labute approximate surface area is 233 Å². The summed E-state index contributed by atoms with van der Waals surface area (Å²) in [5, 5.41) is 0.665. The van der Waals surface area contributed by atoms with Crippen molar-refractivity contribution in [3.8, 4) is 21.8 Å². The molecule has 9 heteroatoms. The smallest absolute Gasteiger partial charge is 0.350 e. The molecule has 0 aliphatic rings. The molecule has 0 bridgehead atoms. The van der Waals surface area contributed by atoms with Crippen LogP contribution < -0.4 is 4.90 Å². The molecule has 0 unspecified atom stereocenters. The van der Waals surface area contributed by atoms with E-state index in [1.165, 1.54) is 24.5 Å². The number of carbonyl (C=O) groups excluding carboxylic acids is 2. The molecule has 0 atom stereocenters. The lowest BCUT2D eigenvalue weighted by molar-refractivity contribution is 0.0607. The van der Waals surface area contributed by atoms with Gasteiger partial charge in [-0.05, 0) is 55.8 Å². The number of benzene rings is 2. The maximum Gasteiger partial charge on any atom is 0.350 e. The Morgan fingerprint density at radius 1 is 1.00 bits per heavy atom. The fraction of sp³-hybridized carbons (Fsp3) is 0.138. The quantitative estimate of drug-likeness (QED) is 0.194. The van der Waals surface area contributed by atoms with Crippen molar-refractivity contribution in [3.05, 3.63) is 93.4 Å². The van der Waals surface area contributed by atoms with Crippen molar-refractivity contribution in [2.24, 2.45) is 0 Å². The number of nitrogens with zero attached hydrogens (tertiary/aromatic N) is 2. The lowest BCUT2D eigenvalue weighted by Crippen LogP contribution is -2.37. The highest BCUT2D eigenvalue weighted by Gasteiger charge is 2.29. The number of anilines is 1. The van der Waals surface area contributed by atoms with E-state index >= 15 is 0 Å². The van der Waals surface area contributed by atoms with E-state index < -0.39 is 5.97 Å². The summed E-state index contributed by atoms with van der Waals surface area (Å²) < 4.78 is 11.0. The van der Waals surface area contributed by atoms with Crippen molar-refractivity contribution in [2.75, 3.05) is 12.0 Å². The van der Waals surface area contributed by atoms with E-state index in [0.29, 0.717) is 21.3 Å². The van der Waals surface area contributed by atoms with Gasteiger partial charge in [0.15, 0.2) is 5.58 Å². The first kappa shape index (κ1) is 26.0.